The van der Waals surface area contributed by atoms with E-state index in [1.54, 1.807) is 30.6 Å². The zero-order chi connectivity index (χ0) is 19.5. The van der Waals surface area contributed by atoms with Crippen molar-refractivity contribution in [1.29, 1.82) is 0 Å². The van der Waals surface area contributed by atoms with Crippen LogP contribution in [0.25, 0.3) is 0 Å². The Hall–Kier alpha value is -3.26. The Balaban J connectivity index is 1.41. The molecule has 0 radical (unpaired) electrons. The molecule has 1 amide bonds. The number of aromatic amines is 2. The van der Waals surface area contributed by atoms with Gasteiger partial charge in [0.05, 0.1) is 5.56 Å². The Kier molecular flexibility index (Phi) is 5.03. The van der Waals surface area contributed by atoms with E-state index in [0.717, 1.165) is 18.4 Å². The Bertz CT molecular complexity index is 1140. The van der Waals surface area contributed by atoms with Gasteiger partial charge in [0, 0.05) is 36.5 Å². The number of carbonyl (C=O) groups excluding carboxylic acids is 1. The van der Waals surface area contributed by atoms with Gasteiger partial charge in [-0.1, -0.05) is 0 Å². The van der Waals surface area contributed by atoms with Gasteiger partial charge in [0.25, 0.3) is 11.5 Å². The molecule has 0 spiro atoms. The molecule has 4 rings (SSSR count). The standard InChI is InChI=1S/C20H18N4O3S/c25-17(22-7-1-2-12-5-8-21-9-6-12)13-3-4-16-14(10-13)11-15-18(26)23-20(28)24-19(15)27-16/h3-6,8-10H,1-2,7,11H2,(H,22,25)(H2,23,24,26,28). The highest BCUT2D eigenvalue weighted by molar-refractivity contribution is 7.71. The number of nitrogens with zero attached hydrogens (tertiary/aromatic N) is 1. The third kappa shape index (κ3) is 3.86. The van der Waals surface area contributed by atoms with E-state index in [-0.39, 0.29) is 16.2 Å². The minimum Gasteiger partial charge on any atom is -0.440 e. The number of benzene rings is 1. The van der Waals surface area contributed by atoms with Crippen molar-refractivity contribution in [1.82, 2.24) is 20.3 Å². The molecule has 3 aromatic rings. The minimum atomic E-state index is -0.282. The van der Waals surface area contributed by atoms with Crippen LogP contribution in [0.4, 0.5) is 0 Å². The van der Waals surface area contributed by atoms with E-state index in [1.165, 1.54) is 5.56 Å². The number of hydrogen-bond acceptors (Lipinski definition) is 5. The number of aromatic nitrogens is 3. The molecule has 142 valence electrons. The normalized spacial score (nSPS) is 11.9. The molecule has 28 heavy (non-hydrogen) atoms. The summed E-state index contributed by atoms with van der Waals surface area (Å²) in [7, 11) is 0. The van der Waals surface area contributed by atoms with Gasteiger partial charge in [0.15, 0.2) is 4.77 Å². The molecular weight excluding hydrogens is 376 g/mol. The summed E-state index contributed by atoms with van der Waals surface area (Å²) in [6.07, 6.45) is 5.61. The van der Waals surface area contributed by atoms with E-state index in [4.69, 9.17) is 17.0 Å². The summed E-state index contributed by atoms with van der Waals surface area (Å²) in [6.45, 7) is 0.577. The molecule has 2 aromatic heterocycles. The number of hydrogen-bond donors (Lipinski definition) is 3. The van der Waals surface area contributed by atoms with Gasteiger partial charge in [-0.3, -0.25) is 19.6 Å². The summed E-state index contributed by atoms with van der Waals surface area (Å²) in [5, 5.41) is 2.93. The van der Waals surface area contributed by atoms with E-state index in [9.17, 15) is 9.59 Å². The quantitative estimate of drug-likeness (QED) is 0.357. The second-order valence-electron chi connectivity index (χ2n) is 6.53. The Morgan fingerprint density at radius 3 is 2.86 bits per heavy atom. The molecule has 7 nitrogen and oxygen atoms in total. The average Bonchev–Trinajstić information content (AvgIpc) is 2.70. The summed E-state index contributed by atoms with van der Waals surface area (Å²) >= 11 is 4.97. The lowest BCUT2D eigenvalue weighted by Gasteiger charge is -2.19. The smallest absolute Gasteiger partial charge is 0.259 e. The zero-order valence-corrected chi connectivity index (χ0v) is 15.8. The lowest BCUT2D eigenvalue weighted by atomic mass is 10.0. The number of H-pyrrole nitrogens is 2. The fraction of sp³-hybridized carbons (Fsp3) is 0.200. The Morgan fingerprint density at radius 2 is 2.04 bits per heavy atom. The van der Waals surface area contributed by atoms with Crippen LogP contribution in [0.15, 0.2) is 47.5 Å². The summed E-state index contributed by atoms with van der Waals surface area (Å²) in [5.41, 5.74) is 2.70. The first-order valence-electron chi connectivity index (χ1n) is 8.93. The van der Waals surface area contributed by atoms with Gasteiger partial charge in [-0.05, 0) is 61.0 Å². The molecular formula is C20H18N4O3S. The number of fused-ring (bicyclic) bond motifs is 2. The van der Waals surface area contributed by atoms with Crippen molar-refractivity contribution in [2.24, 2.45) is 0 Å². The largest absolute Gasteiger partial charge is 0.440 e. The van der Waals surface area contributed by atoms with Gasteiger partial charge in [0.2, 0.25) is 5.88 Å². The summed E-state index contributed by atoms with van der Waals surface area (Å²) < 4.78 is 5.96. The van der Waals surface area contributed by atoms with Gasteiger partial charge in [-0.2, -0.15) is 0 Å². The fourth-order valence-corrected chi connectivity index (χ4v) is 3.33. The number of nitrogens with one attached hydrogen (secondary N) is 3. The molecule has 1 aliphatic heterocycles. The SMILES string of the molecule is O=C(NCCCc1ccncc1)c1ccc2c(c1)Cc1c([nH]c(=S)[nH]c1=O)O2. The maximum atomic E-state index is 12.4. The number of pyridine rings is 1. The molecule has 0 saturated heterocycles. The van der Waals surface area contributed by atoms with Crippen molar-refractivity contribution >= 4 is 18.1 Å². The Morgan fingerprint density at radius 1 is 1.21 bits per heavy atom. The minimum absolute atomic E-state index is 0.148. The molecule has 0 aliphatic carbocycles. The highest BCUT2D eigenvalue weighted by Gasteiger charge is 2.21. The maximum absolute atomic E-state index is 12.4. The average molecular weight is 394 g/mol. The second-order valence-corrected chi connectivity index (χ2v) is 6.94. The molecule has 0 bridgehead atoms. The maximum Gasteiger partial charge on any atom is 0.259 e. The van der Waals surface area contributed by atoms with Gasteiger partial charge in [0.1, 0.15) is 5.75 Å². The van der Waals surface area contributed by atoms with Crippen molar-refractivity contribution in [2.45, 2.75) is 19.3 Å². The van der Waals surface area contributed by atoms with Gasteiger partial charge >= 0.3 is 0 Å². The molecule has 0 saturated carbocycles. The first kappa shape index (κ1) is 18.1. The van der Waals surface area contributed by atoms with Crippen LogP contribution in [0.1, 0.15) is 33.5 Å². The predicted octanol–water partition coefficient (Wildman–Crippen LogP) is 2.89. The van der Waals surface area contributed by atoms with Crippen LogP contribution >= 0.6 is 12.2 Å². The van der Waals surface area contributed by atoms with Crippen LogP contribution in [0.3, 0.4) is 0 Å². The van der Waals surface area contributed by atoms with E-state index in [1.807, 2.05) is 12.1 Å². The molecule has 0 atom stereocenters. The van der Waals surface area contributed by atoms with Crippen LogP contribution in [-0.2, 0) is 12.8 Å². The molecule has 0 unspecified atom stereocenters. The summed E-state index contributed by atoms with van der Waals surface area (Å²) in [4.78, 5) is 33.9. The van der Waals surface area contributed by atoms with E-state index in [2.05, 4.69) is 20.3 Å². The fourth-order valence-electron chi connectivity index (χ4n) is 3.14. The highest BCUT2D eigenvalue weighted by Crippen LogP contribution is 2.33. The first-order chi connectivity index (χ1) is 13.6. The number of ether oxygens (including phenoxy) is 1. The number of carbonyl (C=O) groups is 1. The molecule has 0 fully saturated rings. The monoisotopic (exact) mass is 394 g/mol. The summed E-state index contributed by atoms with van der Waals surface area (Å²) in [5.74, 6) is 0.817. The molecule has 3 N–H and O–H groups in total. The van der Waals surface area contributed by atoms with E-state index < -0.39 is 0 Å². The van der Waals surface area contributed by atoms with Gasteiger partial charge in [-0.25, -0.2) is 0 Å². The third-order valence-corrected chi connectivity index (χ3v) is 4.79. The second kappa shape index (κ2) is 7.77. The van der Waals surface area contributed by atoms with Crippen molar-refractivity contribution in [3.8, 4) is 11.6 Å². The summed E-state index contributed by atoms with van der Waals surface area (Å²) in [6, 6.07) is 9.15. The number of aryl methyl sites for hydroxylation is 1. The Labute approximate surface area is 165 Å². The zero-order valence-electron chi connectivity index (χ0n) is 15.0. The van der Waals surface area contributed by atoms with Crippen LogP contribution in [0.2, 0.25) is 0 Å². The van der Waals surface area contributed by atoms with Crippen LogP contribution in [0, 0.1) is 4.77 Å². The van der Waals surface area contributed by atoms with E-state index in [0.29, 0.717) is 35.7 Å². The van der Waals surface area contributed by atoms with Crippen LogP contribution in [0.5, 0.6) is 11.6 Å². The predicted molar refractivity (Wildman–Crippen MR) is 106 cm³/mol. The molecule has 1 aliphatic rings. The van der Waals surface area contributed by atoms with Crippen molar-refractivity contribution in [3.05, 3.63) is 80.1 Å². The van der Waals surface area contributed by atoms with Crippen molar-refractivity contribution in [3.63, 3.8) is 0 Å². The highest BCUT2D eigenvalue weighted by atomic mass is 32.1. The van der Waals surface area contributed by atoms with Crippen LogP contribution < -0.4 is 15.6 Å². The lowest BCUT2D eigenvalue weighted by molar-refractivity contribution is 0.0953. The van der Waals surface area contributed by atoms with Gasteiger partial charge < -0.3 is 15.0 Å². The topological polar surface area (TPSA) is 99.9 Å². The van der Waals surface area contributed by atoms with Crippen molar-refractivity contribution < 1.29 is 9.53 Å². The molecule has 3 heterocycles. The first-order valence-corrected chi connectivity index (χ1v) is 9.34. The molecule has 8 heteroatoms. The molecule has 1 aromatic carbocycles. The number of amides is 1. The van der Waals surface area contributed by atoms with Gasteiger partial charge in [-0.15, -0.1) is 0 Å². The third-order valence-electron chi connectivity index (χ3n) is 4.58. The lowest BCUT2D eigenvalue weighted by Crippen LogP contribution is -2.25. The van der Waals surface area contributed by atoms with Crippen LogP contribution in [-0.4, -0.2) is 27.4 Å². The van der Waals surface area contributed by atoms with Crippen molar-refractivity contribution in [2.75, 3.05) is 6.54 Å². The number of rotatable bonds is 5. The van der Waals surface area contributed by atoms with E-state index >= 15 is 0 Å².